The van der Waals surface area contributed by atoms with Crippen LogP contribution in [0.4, 0.5) is 22.7 Å². The van der Waals surface area contributed by atoms with Crippen LogP contribution in [0.5, 0.6) is 11.5 Å². The van der Waals surface area contributed by atoms with Gasteiger partial charge < -0.3 is 43.7 Å². The molecule has 2 aliphatic heterocycles. The number of nitrogens with zero attached hydrogens (tertiary/aromatic N) is 5. The molecule has 0 amide bonds. The quantitative estimate of drug-likeness (QED) is 0.0317. The van der Waals surface area contributed by atoms with E-state index in [2.05, 4.69) is 134 Å². The Morgan fingerprint density at radius 3 is 1.46 bits per heavy atom. The summed E-state index contributed by atoms with van der Waals surface area (Å²) in [6, 6.07) is 42.5. The van der Waals surface area contributed by atoms with E-state index in [-0.39, 0.29) is 54.6 Å². The molecule has 2 saturated heterocycles. The molecule has 0 aliphatic carbocycles. The van der Waals surface area contributed by atoms with Crippen molar-refractivity contribution in [2.45, 2.75) is 115 Å². The van der Waals surface area contributed by atoms with Crippen molar-refractivity contribution in [3.8, 4) is 11.5 Å². The van der Waals surface area contributed by atoms with Gasteiger partial charge in [0.05, 0.1) is 66.1 Å². The molecular weight excluding hydrogens is 1290 g/mol. The van der Waals surface area contributed by atoms with Gasteiger partial charge in [0.25, 0.3) is 10.1 Å². The zero-order valence-corrected chi connectivity index (χ0v) is 60.2. The number of aliphatic hydroxyl groups is 2. The number of rotatable bonds is 23. The van der Waals surface area contributed by atoms with E-state index in [1.807, 2.05) is 66.7 Å². The maximum absolute atomic E-state index is 11.6. The van der Waals surface area contributed by atoms with E-state index in [9.17, 15) is 8.42 Å². The number of hydrogen-bond donors (Lipinski definition) is 3. The molecule has 0 radical (unpaired) electrons. The van der Waals surface area contributed by atoms with Gasteiger partial charge in [0, 0.05) is 87.1 Å². The third kappa shape index (κ3) is 22.2. The summed E-state index contributed by atoms with van der Waals surface area (Å²) >= 11 is 25.6. The molecule has 0 saturated carbocycles. The van der Waals surface area contributed by atoms with E-state index in [0.29, 0.717) is 57.6 Å². The number of hydrogen-bond acceptors (Lipinski definition) is 13. The van der Waals surface area contributed by atoms with Crippen LogP contribution in [0.3, 0.4) is 0 Å². The smallest absolute Gasteiger partial charge is 0.264 e. The molecule has 4 atom stereocenters. The van der Waals surface area contributed by atoms with Crippen LogP contribution in [0.2, 0.25) is 56.4 Å². The number of nitrogens with one attached hydrogen (secondary N) is 1. The van der Waals surface area contributed by atoms with Gasteiger partial charge >= 0.3 is 0 Å². The molecule has 22 heteroatoms. The average molecular weight is 1380 g/mol. The van der Waals surface area contributed by atoms with Crippen molar-refractivity contribution in [1.29, 1.82) is 0 Å². The summed E-state index contributed by atoms with van der Waals surface area (Å²) in [5, 5.41) is 24.4. The summed E-state index contributed by atoms with van der Waals surface area (Å²) in [6.45, 7) is 43.1. The summed E-state index contributed by atoms with van der Waals surface area (Å²) in [4.78, 5) is 14.2. The molecule has 3 N–H and O–H groups in total. The molecule has 2 heterocycles. The largest absolute Gasteiger partial charge is 0.491 e. The van der Waals surface area contributed by atoms with Gasteiger partial charge in [0.1, 0.15) is 30.8 Å². The zero-order chi connectivity index (χ0) is 66.7. The standard InChI is InChI=1S/C34H43Cl2N3O3Si.C18H20Cl2N2O2.C17H27NO4SSi/c1-34(2,3)43(5,6)42-21-17-31(25-9-13-28(37-4)14-10-25)38-18-19-39(33(24-38)26-7-11-27(35)12-8-26)32-16-15-29(23-30(32)36)41-22-20-40;19-14-3-1-13(2-4-14)18-12-21-7-8-22(18)17-6-5-15(11-16(17)20)24-10-9-23;1-17(2,3)24(6,7)21-13-12-16(22-23(5,19)20)14-8-10-15(18-4)11-9-14/h7-16,23,31,33,40H,17-22,24H2,1-3,5-6H3;1-6,11,18,21,23H,7-10,12H2;8-11,16H,12-13H2,1-3,5-7H3/t31?,33-;18-;/m00./s1. The summed E-state index contributed by atoms with van der Waals surface area (Å²) < 4.78 is 52.1. The van der Waals surface area contributed by atoms with Crippen LogP contribution in [-0.4, -0.2) is 125 Å². The molecular formula is C69H90Cl4N6O9SSi2. The fourth-order valence-corrected chi connectivity index (χ4v) is 13.7. The summed E-state index contributed by atoms with van der Waals surface area (Å²) in [5.74, 6) is 1.30. The minimum atomic E-state index is -3.59. The van der Waals surface area contributed by atoms with Gasteiger partial charge in [0.2, 0.25) is 0 Å². The van der Waals surface area contributed by atoms with Crippen LogP contribution in [-0.2, 0) is 23.2 Å². The van der Waals surface area contributed by atoms with E-state index in [1.165, 1.54) is 11.1 Å². The van der Waals surface area contributed by atoms with Crippen molar-refractivity contribution in [2.24, 2.45) is 0 Å². The van der Waals surface area contributed by atoms with Crippen molar-refractivity contribution < 1.29 is 41.1 Å². The van der Waals surface area contributed by atoms with Gasteiger partial charge in [-0.05, 0) is 113 Å². The van der Waals surface area contributed by atoms with Crippen LogP contribution in [0.15, 0.2) is 133 Å². The molecule has 2 fully saturated rings. The minimum absolute atomic E-state index is 0.0180. The van der Waals surface area contributed by atoms with E-state index in [4.69, 9.17) is 92.3 Å². The van der Waals surface area contributed by atoms with E-state index >= 15 is 0 Å². The highest BCUT2D eigenvalue weighted by molar-refractivity contribution is 7.86. The third-order valence-corrected chi connectivity index (χ3v) is 28.0. The second kappa shape index (κ2) is 34.3. The topological polar surface area (TPSA) is 151 Å². The highest BCUT2D eigenvalue weighted by Crippen LogP contribution is 2.43. The lowest BCUT2D eigenvalue weighted by atomic mass is 9.96. The van der Waals surface area contributed by atoms with Gasteiger partial charge in [-0.1, -0.05) is 161 Å². The van der Waals surface area contributed by atoms with Crippen LogP contribution >= 0.6 is 46.4 Å². The van der Waals surface area contributed by atoms with Crippen molar-refractivity contribution in [3.63, 3.8) is 0 Å². The summed E-state index contributed by atoms with van der Waals surface area (Å²) in [7, 11) is -7.38. The summed E-state index contributed by atoms with van der Waals surface area (Å²) in [6.07, 6.45) is 1.73. The summed E-state index contributed by atoms with van der Waals surface area (Å²) in [5.41, 5.74) is 7.35. The minimum Gasteiger partial charge on any atom is -0.491 e. The molecule has 8 rings (SSSR count). The highest BCUT2D eigenvalue weighted by Gasteiger charge is 2.40. The Labute approximate surface area is 563 Å². The third-order valence-electron chi connectivity index (χ3n) is 17.2. The van der Waals surface area contributed by atoms with Gasteiger partial charge in [-0.15, -0.1) is 0 Å². The molecule has 492 valence electrons. The number of anilines is 2. The fourth-order valence-electron chi connectivity index (χ4n) is 10.1. The number of aliphatic hydroxyl groups excluding tert-OH is 2. The van der Waals surface area contributed by atoms with Crippen molar-refractivity contribution in [1.82, 2.24) is 10.2 Å². The lowest BCUT2D eigenvalue weighted by Gasteiger charge is -2.46. The highest BCUT2D eigenvalue weighted by atomic mass is 35.5. The SMILES string of the molecule is OCCOc1ccc(N2CCNC[C@H]2c2ccc(Cl)cc2)c(Cl)c1.[C-]#[N+]c1ccc(C(CCO[Si](C)(C)C(C)(C)C)N2CCN(c3ccc(OCCO)cc3Cl)[C@H](c3ccc(Cl)cc3)C2)cc1.[C-]#[N+]c1ccc(C(CCO[Si](C)(C)C(C)(C)C)OS(C)(=O)=O)cc1. The van der Waals surface area contributed by atoms with Crippen LogP contribution in [0, 0.1) is 13.1 Å². The van der Waals surface area contributed by atoms with Crippen LogP contribution in [0.25, 0.3) is 9.69 Å². The number of ether oxygens (including phenoxy) is 2. The van der Waals surface area contributed by atoms with Crippen LogP contribution < -0.4 is 24.6 Å². The van der Waals surface area contributed by atoms with Crippen molar-refractivity contribution >= 4 is 95.9 Å². The lowest BCUT2D eigenvalue weighted by molar-refractivity contribution is 0.133. The first-order chi connectivity index (χ1) is 43.0. The lowest BCUT2D eigenvalue weighted by Crippen LogP contribution is -2.50. The first-order valence-corrected chi connectivity index (χ1v) is 39.8. The molecule has 0 aromatic heterocycles. The molecule has 6 aromatic rings. The molecule has 6 aromatic carbocycles. The Hall–Kier alpha value is -5.24. The van der Waals surface area contributed by atoms with Crippen molar-refractivity contribution in [3.05, 3.63) is 199 Å². The first-order valence-electron chi connectivity index (χ1n) is 30.6. The maximum Gasteiger partial charge on any atom is 0.264 e. The number of benzene rings is 6. The van der Waals surface area contributed by atoms with Crippen LogP contribution in [0.1, 0.15) is 101 Å². The molecule has 91 heavy (non-hydrogen) atoms. The molecule has 0 spiro atoms. The predicted octanol–water partition coefficient (Wildman–Crippen LogP) is 17.1. The first kappa shape index (κ1) is 74.8. The Kier molecular flexibility index (Phi) is 28.2. The molecule has 15 nitrogen and oxygen atoms in total. The van der Waals surface area contributed by atoms with E-state index in [1.54, 1.807) is 30.3 Å². The Morgan fingerprint density at radius 1 is 0.593 bits per heavy atom. The van der Waals surface area contributed by atoms with Gasteiger partial charge in [0.15, 0.2) is 28.0 Å². The van der Waals surface area contributed by atoms with Gasteiger partial charge in [-0.3, -0.25) is 9.08 Å². The van der Waals surface area contributed by atoms with E-state index in [0.717, 1.165) is 79.5 Å². The zero-order valence-electron chi connectivity index (χ0n) is 54.3. The number of halogens is 4. The fraction of sp³-hybridized carbons (Fsp3) is 0.449. The van der Waals surface area contributed by atoms with Gasteiger partial charge in [-0.25, -0.2) is 9.69 Å². The Balaban J connectivity index is 0.000000234. The molecule has 2 unspecified atom stereocenters. The molecule has 0 bridgehead atoms. The maximum atomic E-state index is 11.6. The predicted molar refractivity (Wildman–Crippen MR) is 378 cm³/mol. The monoisotopic (exact) mass is 1370 g/mol. The van der Waals surface area contributed by atoms with Crippen molar-refractivity contribution in [2.75, 3.05) is 95.0 Å². The Bertz CT molecular complexity index is 3460. The van der Waals surface area contributed by atoms with Gasteiger partial charge in [-0.2, -0.15) is 8.42 Å². The average Bonchev–Trinajstić information content (AvgIpc) is 0.894. The molecule has 2 aliphatic rings. The Morgan fingerprint density at radius 2 is 1.03 bits per heavy atom. The second-order valence-corrected chi connectivity index (χ2v) is 38.5. The number of piperazine rings is 2. The normalized spacial score (nSPS) is 16.5. The second-order valence-electron chi connectivity index (χ2n) is 25.6. The van der Waals surface area contributed by atoms with E-state index < -0.39 is 32.9 Å².